The third kappa shape index (κ3) is 4.85. The molecule has 3 atom stereocenters. The Morgan fingerprint density at radius 3 is 2.47 bits per heavy atom. The molecule has 0 spiro atoms. The summed E-state index contributed by atoms with van der Waals surface area (Å²) in [4.78, 5) is 12.9. The fourth-order valence-corrected chi connectivity index (χ4v) is 5.29. The van der Waals surface area contributed by atoms with Gasteiger partial charge in [-0.2, -0.15) is 0 Å². The Morgan fingerprint density at radius 1 is 1.09 bits per heavy atom. The second kappa shape index (κ2) is 9.59. The fraction of sp³-hybridized carbons (Fsp3) is 0.364. The van der Waals surface area contributed by atoms with Gasteiger partial charge in [-0.25, -0.2) is 23.4 Å². The minimum Gasteiger partial charge on any atom is -0.359 e. The van der Waals surface area contributed by atoms with Crippen molar-refractivity contribution in [2.45, 2.75) is 50.7 Å². The first kappa shape index (κ1) is 24.0. The molecule has 0 N–H and O–H groups in total. The van der Waals surface area contributed by atoms with E-state index in [1.165, 1.54) is 18.6 Å². The molecule has 4 aromatic heterocycles. The van der Waals surface area contributed by atoms with Crippen molar-refractivity contribution in [3.05, 3.63) is 71.0 Å². The average molecular weight is 502 g/mol. The van der Waals surface area contributed by atoms with Crippen LogP contribution in [0.1, 0.15) is 55.8 Å². The molecule has 4 rings (SSSR count). The van der Waals surface area contributed by atoms with Crippen molar-refractivity contribution < 1.29 is 12.9 Å². The van der Waals surface area contributed by atoms with Crippen LogP contribution in [0.5, 0.6) is 0 Å². The molecule has 0 aliphatic rings. The highest BCUT2D eigenvalue weighted by Gasteiger charge is 2.33. The third-order valence-electron chi connectivity index (χ3n) is 5.79. The minimum atomic E-state index is -3.68. The van der Waals surface area contributed by atoms with E-state index in [4.69, 9.17) is 16.1 Å². The lowest BCUT2D eigenvalue weighted by molar-refractivity contribution is 0.351. The molecule has 0 fully saturated rings. The third-order valence-corrected chi connectivity index (χ3v) is 8.19. The molecule has 0 amide bonds. The van der Waals surface area contributed by atoms with Gasteiger partial charge in [-0.05, 0) is 32.9 Å². The van der Waals surface area contributed by atoms with E-state index in [9.17, 15) is 8.42 Å². The molecule has 34 heavy (non-hydrogen) atoms. The summed E-state index contributed by atoms with van der Waals surface area (Å²) in [6.45, 7) is 7.15. The largest absolute Gasteiger partial charge is 0.359 e. The predicted octanol–water partition coefficient (Wildman–Crippen LogP) is 3.80. The zero-order valence-electron chi connectivity index (χ0n) is 19.1. The minimum absolute atomic E-state index is 0.276. The highest BCUT2D eigenvalue weighted by Crippen LogP contribution is 2.29. The lowest BCUT2D eigenvalue weighted by Crippen LogP contribution is -2.28. The Hall–Kier alpha value is -3.18. The zero-order valence-corrected chi connectivity index (χ0v) is 20.7. The van der Waals surface area contributed by atoms with Crippen LogP contribution in [0.3, 0.4) is 0 Å². The van der Waals surface area contributed by atoms with Gasteiger partial charge in [-0.3, -0.25) is 4.57 Å². The number of hydrogen-bond acceptors (Lipinski definition) is 9. The lowest BCUT2D eigenvalue weighted by Gasteiger charge is -2.20. The summed E-state index contributed by atoms with van der Waals surface area (Å²) in [5, 5.41) is 11.9. The van der Waals surface area contributed by atoms with Gasteiger partial charge in [-0.15, -0.1) is 10.2 Å². The van der Waals surface area contributed by atoms with Crippen molar-refractivity contribution >= 4 is 21.4 Å². The van der Waals surface area contributed by atoms with Crippen molar-refractivity contribution in [1.29, 1.82) is 0 Å². The first-order valence-corrected chi connectivity index (χ1v) is 12.7. The molecule has 0 aliphatic heterocycles. The Labute approximate surface area is 202 Å². The van der Waals surface area contributed by atoms with Crippen LogP contribution in [0.4, 0.5) is 0 Å². The van der Waals surface area contributed by atoms with Crippen LogP contribution in [0.25, 0.3) is 11.5 Å². The number of sulfone groups is 1. The number of aryl methyl sites for hydroxylation is 1. The second-order valence-corrected chi connectivity index (χ2v) is 10.9. The molecule has 0 bridgehead atoms. The second-order valence-electron chi connectivity index (χ2n) is 8.13. The van der Waals surface area contributed by atoms with Gasteiger partial charge in [-0.1, -0.05) is 29.7 Å². The topological polar surface area (TPSA) is 130 Å². The quantitative estimate of drug-likeness (QED) is 0.353. The van der Waals surface area contributed by atoms with E-state index in [-0.39, 0.29) is 11.6 Å². The van der Waals surface area contributed by atoms with Crippen LogP contribution >= 0.6 is 11.6 Å². The molecular weight excluding hydrogens is 478 g/mol. The van der Waals surface area contributed by atoms with Gasteiger partial charge in [0.15, 0.2) is 21.4 Å². The number of pyridine rings is 1. The number of rotatable bonds is 8. The lowest BCUT2D eigenvalue weighted by atomic mass is 10.1. The number of halogens is 1. The van der Waals surface area contributed by atoms with E-state index < -0.39 is 27.0 Å². The fourth-order valence-electron chi connectivity index (χ4n) is 3.63. The molecule has 0 saturated carbocycles. The molecule has 0 aromatic carbocycles. The van der Waals surface area contributed by atoms with Gasteiger partial charge < -0.3 is 4.52 Å². The number of hydrogen-bond donors (Lipinski definition) is 0. The standard InChI is InChI=1S/C22H24ClN7O3S/c1-13-6-5-7-18(27-13)22-29-28-20(30(22)15(3)19-8-9-26-33-19)12-34(31,32)16(4)14(2)21-24-10-17(23)11-25-21/h5-11,14-16H,12H2,1-4H3/t14-,15+,16-/m0/s1. The van der Waals surface area contributed by atoms with Crippen molar-refractivity contribution in [2.24, 2.45) is 0 Å². The van der Waals surface area contributed by atoms with Gasteiger partial charge in [0.2, 0.25) is 0 Å². The maximum absolute atomic E-state index is 13.4. The van der Waals surface area contributed by atoms with E-state index in [0.717, 1.165) is 5.69 Å². The van der Waals surface area contributed by atoms with Crippen molar-refractivity contribution in [3.8, 4) is 11.5 Å². The van der Waals surface area contributed by atoms with E-state index in [1.54, 1.807) is 24.5 Å². The summed E-state index contributed by atoms with van der Waals surface area (Å²) in [5.74, 6) is 0.884. The van der Waals surface area contributed by atoms with Crippen molar-refractivity contribution in [2.75, 3.05) is 0 Å². The van der Waals surface area contributed by atoms with E-state index in [2.05, 4.69) is 30.3 Å². The molecule has 4 aromatic rings. The highest BCUT2D eigenvalue weighted by molar-refractivity contribution is 7.91. The maximum Gasteiger partial charge on any atom is 0.183 e. The monoisotopic (exact) mass is 501 g/mol. The molecule has 0 saturated heterocycles. The molecule has 4 heterocycles. The van der Waals surface area contributed by atoms with Gasteiger partial charge in [0.25, 0.3) is 0 Å². The summed E-state index contributed by atoms with van der Waals surface area (Å²) < 4.78 is 33.9. The molecule has 0 radical (unpaired) electrons. The first-order valence-electron chi connectivity index (χ1n) is 10.6. The van der Waals surface area contributed by atoms with E-state index in [1.807, 2.05) is 32.0 Å². The van der Waals surface area contributed by atoms with E-state index in [0.29, 0.717) is 28.1 Å². The van der Waals surface area contributed by atoms with Crippen LogP contribution in [-0.2, 0) is 15.6 Å². The van der Waals surface area contributed by atoms with Crippen LogP contribution < -0.4 is 0 Å². The first-order chi connectivity index (χ1) is 16.2. The molecule has 0 unspecified atom stereocenters. The van der Waals surface area contributed by atoms with Crippen molar-refractivity contribution in [1.82, 2.24) is 34.9 Å². The predicted molar refractivity (Wildman–Crippen MR) is 126 cm³/mol. The number of aromatic nitrogens is 7. The Balaban J connectivity index is 1.71. The smallest absolute Gasteiger partial charge is 0.183 e. The summed E-state index contributed by atoms with van der Waals surface area (Å²) in [5.41, 5.74) is 1.39. The van der Waals surface area contributed by atoms with Crippen LogP contribution in [-0.4, -0.2) is 48.5 Å². The molecule has 0 aliphatic carbocycles. The summed E-state index contributed by atoms with van der Waals surface area (Å²) in [7, 11) is -3.68. The normalized spacial score (nSPS) is 14.6. The van der Waals surface area contributed by atoms with Crippen LogP contribution in [0.15, 0.2) is 47.4 Å². The van der Waals surface area contributed by atoms with Crippen molar-refractivity contribution in [3.63, 3.8) is 0 Å². The zero-order chi connectivity index (χ0) is 24.5. The van der Waals surface area contributed by atoms with E-state index >= 15 is 0 Å². The molecule has 178 valence electrons. The van der Waals surface area contributed by atoms with Gasteiger partial charge >= 0.3 is 0 Å². The summed E-state index contributed by atoms with van der Waals surface area (Å²) >= 11 is 5.87. The number of nitrogens with zero attached hydrogens (tertiary/aromatic N) is 7. The summed E-state index contributed by atoms with van der Waals surface area (Å²) in [6.07, 6.45) is 4.44. The Morgan fingerprint density at radius 2 is 1.82 bits per heavy atom. The Kier molecular flexibility index (Phi) is 6.76. The van der Waals surface area contributed by atoms with Gasteiger partial charge in [0, 0.05) is 30.1 Å². The highest BCUT2D eigenvalue weighted by atomic mass is 35.5. The SMILES string of the molecule is Cc1cccc(-c2nnc(CS(=O)(=O)[C@@H](C)[C@H](C)c3ncc(Cl)cn3)n2[C@H](C)c2ccno2)n1. The van der Waals surface area contributed by atoms with Crippen LogP contribution in [0, 0.1) is 6.92 Å². The Bertz CT molecular complexity index is 1370. The maximum atomic E-state index is 13.4. The summed E-state index contributed by atoms with van der Waals surface area (Å²) in [6, 6.07) is 6.85. The van der Waals surface area contributed by atoms with Crippen LogP contribution in [0.2, 0.25) is 5.02 Å². The average Bonchev–Trinajstić information content (AvgIpc) is 3.48. The molecule has 12 heteroatoms. The molecule has 10 nitrogen and oxygen atoms in total. The van der Waals surface area contributed by atoms with Gasteiger partial charge in [0.1, 0.15) is 23.1 Å². The molecular formula is C22H24ClN7O3S. The van der Waals surface area contributed by atoms with Gasteiger partial charge in [0.05, 0.1) is 22.5 Å².